The van der Waals surface area contributed by atoms with Crippen LogP contribution in [0.5, 0.6) is 0 Å². The van der Waals surface area contributed by atoms with Crippen LogP contribution < -0.4 is 5.73 Å². The van der Waals surface area contributed by atoms with Crippen LogP contribution in [0.1, 0.15) is 29.2 Å². The van der Waals surface area contributed by atoms with Crippen LogP contribution in [0.25, 0.3) is 0 Å². The Labute approximate surface area is 114 Å². The van der Waals surface area contributed by atoms with Gasteiger partial charge in [0, 0.05) is 5.54 Å². The average molecular weight is 257 g/mol. The first-order valence-electron chi connectivity index (χ1n) is 6.49. The predicted octanol–water partition coefficient (Wildman–Crippen LogP) is 3.86. The molecule has 0 spiro atoms. The van der Waals surface area contributed by atoms with Gasteiger partial charge in [-0.25, -0.2) is 4.39 Å². The molecule has 0 radical (unpaired) electrons. The molecule has 0 aliphatic carbocycles. The van der Waals surface area contributed by atoms with E-state index in [1.54, 1.807) is 6.07 Å². The zero-order valence-corrected chi connectivity index (χ0v) is 11.7. The van der Waals surface area contributed by atoms with Gasteiger partial charge in [-0.1, -0.05) is 30.3 Å². The molecule has 0 aliphatic rings. The number of benzene rings is 2. The first kappa shape index (κ1) is 13.8. The Morgan fingerprint density at radius 1 is 1.05 bits per heavy atom. The fraction of sp³-hybridized carbons (Fsp3) is 0.294. The van der Waals surface area contributed by atoms with E-state index in [4.69, 9.17) is 5.73 Å². The topological polar surface area (TPSA) is 26.0 Å². The lowest BCUT2D eigenvalue weighted by atomic mass is 9.86. The third-order valence-electron chi connectivity index (χ3n) is 3.63. The van der Waals surface area contributed by atoms with Crippen molar-refractivity contribution >= 4 is 0 Å². The molecule has 0 heterocycles. The second-order valence-corrected chi connectivity index (χ2v) is 5.52. The molecular weight excluding hydrogens is 237 g/mol. The molecule has 0 fully saturated rings. The maximum Gasteiger partial charge on any atom is 0.123 e. The molecule has 1 nitrogen and oxygen atoms in total. The molecule has 0 bridgehead atoms. The summed E-state index contributed by atoms with van der Waals surface area (Å²) >= 11 is 0. The van der Waals surface area contributed by atoms with E-state index in [2.05, 4.69) is 32.0 Å². The number of rotatable bonds is 3. The van der Waals surface area contributed by atoms with Gasteiger partial charge in [0.1, 0.15) is 5.82 Å². The van der Waals surface area contributed by atoms with Crippen molar-refractivity contribution in [2.24, 2.45) is 5.73 Å². The average Bonchev–Trinajstić information content (AvgIpc) is 2.33. The third kappa shape index (κ3) is 3.21. The molecule has 2 aromatic carbocycles. The first-order chi connectivity index (χ1) is 8.88. The normalized spacial score (nSPS) is 14.2. The molecule has 2 rings (SSSR count). The lowest BCUT2D eigenvalue weighted by Crippen LogP contribution is -2.35. The van der Waals surface area contributed by atoms with Gasteiger partial charge in [0.2, 0.25) is 0 Å². The number of hydrogen-bond acceptors (Lipinski definition) is 1. The van der Waals surface area contributed by atoms with Gasteiger partial charge in [-0.2, -0.15) is 0 Å². The Hall–Kier alpha value is -1.67. The molecule has 2 heteroatoms. The van der Waals surface area contributed by atoms with E-state index < -0.39 is 5.54 Å². The molecule has 0 aliphatic heterocycles. The first-order valence-corrected chi connectivity index (χ1v) is 6.49. The highest BCUT2D eigenvalue weighted by Crippen LogP contribution is 2.24. The van der Waals surface area contributed by atoms with Crippen molar-refractivity contribution in [1.82, 2.24) is 0 Å². The molecule has 2 N–H and O–H groups in total. The Morgan fingerprint density at radius 3 is 2.42 bits per heavy atom. The summed E-state index contributed by atoms with van der Waals surface area (Å²) in [5.74, 6) is -0.241. The lowest BCUT2D eigenvalue weighted by molar-refractivity contribution is 0.486. The molecule has 100 valence electrons. The highest BCUT2D eigenvalue weighted by atomic mass is 19.1. The summed E-state index contributed by atoms with van der Waals surface area (Å²) in [5.41, 5.74) is 10.3. The fourth-order valence-electron chi connectivity index (χ4n) is 2.28. The Balaban J connectivity index is 2.27. The van der Waals surface area contributed by atoms with Crippen molar-refractivity contribution in [2.45, 2.75) is 32.7 Å². The van der Waals surface area contributed by atoms with Gasteiger partial charge in [-0.15, -0.1) is 0 Å². The van der Waals surface area contributed by atoms with Gasteiger partial charge >= 0.3 is 0 Å². The van der Waals surface area contributed by atoms with E-state index in [1.165, 1.54) is 28.8 Å². The summed E-state index contributed by atoms with van der Waals surface area (Å²) in [6.45, 7) is 6.12. The minimum atomic E-state index is -0.566. The van der Waals surface area contributed by atoms with Crippen molar-refractivity contribution in [3.8, 4) is 0 Å². The largest absolute Gasteiger partial charge is 0.321 e. The minimum Gasteiger partial charge on any atom is -0.321 e. The zero-order chi connectivity index (χ0) is 14.0. The van der Waals surface area contributed by atoms with Crippen molar-refractivity contribution in [3.05, 3.63) is 70.5 Å². The smallest absolute Gasteiger partial charge is 0.123 e. The van der Waals surface area contributed by atoms with E-state index in [0.29, 0.717) is 6.42 Å². The molecule has 0 saturated heterocycles. The number of aryl methyl sites for hydroxylation is 2. The van der Waals surface area contributed by atoms with Gasteiger partial charge in [0.05, 0.1) is 0 Å². The Morgan fingerprint density at radius 2 is 1.79 bits per heavy atom. The van der Waals surface area contributed by atoms with E-state index in [1.807, 2.05) is 13.0 Å². The van der Waals surface area contributed by atoms with E-state index in [-0.39, 0.29) is 5.82 Å². The molecule has 1 atom stereocenters. The summed E-state index contributed by atoms with van der Waals surface area (Å²) in [5, 5.41) is 0. The Kier molecular flexibility index (Phi) is 3.72. The second-order valence-electron chi connectivity index (χ2n) is 5.52. The summed E-state index contributed by atoms with van der Waals surface area (Å²) in [6.07, 6.45) is 0.692. The van der Waals surface area contributed by atoms with E-state index in [9.17, 15) is 4.39 Å². The van der Waals surface area contributed by atoms with Crippen molar-refractivity contribution in [3.63, 3.8) is 0 Å². The predicted molar refractivity (Wildman–Crippen MR) is 77.6 cm³/mol. The molecule has 2 aromatic rings. The van der Waals surface area contributed by atoms with Crippen LogP contribution in [-0.4, -0.2) is 0 Å². The highest BCUT2D eigenvalue weighted by Gasteiger charge is 2.22. The van der Waals surface area contributed by atoms with Crippen molar-refractivity contribution < 1.29 is 4.39 Å². The number of hydrogen-bond donors (Lipinski definition) is 1. The SMILES string of the molecule is Cc1ccc(CC(C)(N)c2cccc(F)c2)cc1C. The van der Waals surface area contributed by atoms with Gasteiger partial charge in [0.15, 0.2) is 0 Å². The molecule has 0 amide bonds. The molecular formula is C17H20FN. The quantitative estimate of drug-likeness (QED) is 0.887. The lowest BCUT2D eigenvalue weighted by Gasteiger charge is -2.26. The summed E-state index contributed by atoms with van der Waals surface area (Å²) in [6, 6.07) is 12.9. The van der Waals surface area contributed by atoms with E-state index in [0.717, 1.165) is 5.56 Å². The van der Waals surface area contributed by atoms with Crippen molar-refractivity contribution in [2.75, 3.05) is 0 Å². The van der Waals surface area contributed by atoms with Crippen LogP contribution in [0.3, 0.4) is 0 Å². The van der Waals surface area contributed by atoms with Gasteiger partial charge in [-0.3, -0.25) is 0 Å². The highest BCUT2D eigenvalue weighted by molar-refractivity contribution is 5.33. The zero-order valence-electron chi connectivity index (χ0n) is 11.7. The third-order valence-corrected chi connectivity index (χ3v) is 3.63. The Bertz CT molecular complexity index is 588. The number of halogens is 1. The van der Waals surface area contributed by atoms with Crippen LogP contribution in [-0.2, 0) is 12.0 Å². The maximum absolute atomic E-state index is 13.3. The van der Waals surface area contributed by atoms with Gasteiger partial charge in [-0.05, 0) is 61.6 Å². The van der Waals surface area contributed by atoms with Gasteiger partial charge < -0.3 is 5.73 Å². The summed E-state index contributed by atoms with van der Waals surface area (Å²) in [4.78, 5) is 0. The van der Waals surface area contributed by atoms with Crippen LogP contribution in [0.4, 0.5) is 4.39 Å². The van der Waals surface area contributed by atoms with Gasteiger partial charge in [0.25, 0.3) is 0 Å². The molecule has 0 aromatic heterocycles. The standard InChI is InChI=1S/C17H20FN/c1-12-7-8-14(9-13(12)2)11-17(3,19)15-5-4-6-16(18)10-15/h4-10H,11,19H2,1-3H3. The van der Waals surface area contributed by atoms with E-state index >= 15 is 0 Å². The monoisotopic (exact) mass is 257 g/mol. The van der Waals surface area contributed by atoms with Crippen LogP contribution in [0.2, 0.25) is 0 Å². The van der Waals surface area contributed by atoms with Crippen LogP contribution in [0, 0.1) is 19.7 Å². The summed E-state index contributed by atoms with van der Waals surface area (Å²) < 4.78 is 13.3. The van der Waals surface area contributed by atoms with Crippen molar-refractivity contribution in [1.29, 1.82) is 0 Å². The molecule has 19 heavy (non-hydrogen) atoms. The number of nitrogens with two attached hydrogens (primary N) is 1. The molecule has 1 unspecified atom stereocenters. The second kappa shape index (κ2) is 5.14. The molecule has 0 saturated carbocycles. The fourth-order valence-corrected chi connectivity index (χ4v) is 2.28. The summed E-state index contributed by atoms with van der Waals surface area (Å²) in [7, 11) is 0. The van der Waals surface area contributed by atoms with Crippen LogP contribution >= 0.6 is 0 Å². The minimum absolute atomic E-state index is 0.241. The maximum atomic E-state index is 13.3. The van der Waals surface area contributed by atoms with Crippen LogP contribution in [0.15, 0.2) is 42.5 Å².